The number of carboxylic acids is 1. The maximum atomic E-state index is 11.4. The molecule has 2 aromatic heterocycles. The molecule has 0 radical (unpaired) electrons. The van der Waals surface area contributed by atoms with Crippen LogP contribution in [0.5, 0.6) is 5.88 Å². The van der Waals surface area contributed by atoms with Crippen molar-refractivity contribution in [1.82, 2.24) is 15.2 Å². The molecule has 100 valence electrons. The highest BCUT2D eigenvalue weighted by atomic mass is 16.5. The van der Waals surface area contributed by atoms with Gasteiger partial charge in [0, 0.05) is 11.6 Å². The number of nitrogens with zero attached hydrogens (tertiary/aromatic N) is 2. The van der Waals surface area contributed by atoms with Crippen LogP contribution in [0.4, 0.5) is 0 Å². The lowest BCUT2D eigenvalue weighted by Crippen LogP contribution is -2.00. The number of fused-ring (bicyclic) bond motifs is 1. The third-order valence-corrected chi connectivity index (χ3v) is 3.00. The van der Waals surface area contributed by atoms with Gasteiger partial charge in [0.1, 0.15) is 0 Å². The van der Waals surface area contributed by atoms with Crippen LogP contribution in [-0.2, 0) is 0 Å². The second kappa shape index (κ2) is 4.65. The van der Waals surface area contributed by atoms with Crippen LogP contribution in [0.2, 0.25) is 0 Å². The van der Waals surface area contributed by atoms with Crippen molar-refractivity contribution in [3.8, 4) is 17.1 Å². The van der Waals surface area contributed by atoms with Crippen molar-refractivity contribution in [2.24, 2.45) is 0 Å². The summed E-state index contributed by atoms with van der Waals surface area (Å²) in [5.41, 5.74) is 1.91. The molecule has 0 unspecified atom stereocenters. The Morgan fingerprint density at radius 2 is 2.05 bits per heavy atom. The lowest BCUT2D eigenvalue weighted by atomic mass is 10.1. The van der Waals surface area contributed by atoms with Crippen LogP contribution in [0.1, 0.15) is 10.4 Å². The summed E-state index contributed by atoms with van der Waals surface area (Å²) in [5, 5.41) is 16.8. The molecule has 2 N–H and O–H groups in total. The van der Waals surface area contributed by atoms with E-state index >= 15 is 0 Å². The molecule has 0 aliphatic heterocycles. The van der Waals surface area contributed by atoms with Gasteiger partial charge in [-0.15, -0.1) is 0 Å². The summed E-state index contributed by atoms with van der Waals surface area (Å²) in [6, 6.07) is 10.8. The van der Waals surface area contributed by atoms with Gasteiger partial charge in [0.2, 0.25) is 5.88 Å². The number of methoxy groups -OCH3 is 1. The first-order valence-electron chi connectivity index (χ1n) is 5.92. The minimum absolute atomic E-state index is 0.111. The Bertz CT molecular complexity index is 781. The second-order valence-electron chi connectivity index (χ2n) is 4.18. The zero-order valence-electron chi connectivity index (χ0n) is 10.6. The molecule has 0 fully saturated rings. The normalized spacial score (nSPS) is 10.7. The summed E-state index contributed by atoms with van der Waals surface area (Å²) < 4.78 is 5.00. The number of nitrogens with one attached hydrogen (secondary N) is 1. The molecule has 0 spiro atoms. The molecule has 6 nitrogen and oxygen atoms in total. The Balaban J connectivity index is 2.33. The lowest BCUT2D eigenvalue weighted by Gasteiger charge is -2.04. The fourth-order valence-corrected chi connectivity index (χ4v) is 2.09. The van der Waals surface area contributed by atoms with Crippen molar-refractivity contribution < 1.29 is 14.6 Å². The van der Waals surface area contributed by atoms with Crippen molar-refractivity contribution in [2.45, 2.75) is 0 Å². The van der Waals surface area contributed by atoms with E-state index < -0.39 is 5.97 Å². The quantitative estimate of drug-likeness (QED) is 0.761. The smallest absolute Gasteiger partial charge is 0.336 e. The highest BCUT2D eigenvalue weighted by molar-refractivity contribution is 6.07. The number of aromatic nitrogens is 3. The predicted molar refractivity (Wildman–Crippen MR) is 72.8 cm³/mol. The average Bonchev–Trinajstić information content (AvgIpc) is 2.90. The largest absolute Gasteiger partial charge is 0.481 e. The molecule has 2 heterocycles. The van der Waals surface area contributed by atoms with Crippen LogP contribution >= 0.6 is 0 Å². The molecule has 20 heavy (non-hydrogen) atoms. The molecule has 0 atom stereocenters. The van der Waals surface area contributed by atoms with E-state index in [1.165, 1.54) is 13.2 Å². The van der Waals surface area contributed by atoms with Gasteiger partial charge in [-0.2, -0.15) is 10.1 Å². The lowest BCUT2D eigenvalue weighted by molar-refractivity contribution is 0.0698. The zero-order valence-corrected chi connectivity index (χ0v) is 10.6. The number of aromatic amines is 1. The summed E-state index contributed by atoms with van der Waals surface area (Å²) in [7, 11) is 1.44. The molecule has 0 saturated heterocycles. The van der Waals surface area contributed by atoms with Crippen LogP contribution in [0.3, 0.4) is 0 Å². The number of carbonyl (C=O) groups is 1. The number of ether oxygens (including phenoxy) is 1. The van der Waals surface area contributed by atoms with Crippen LogP contribution < -0.4 is 4.74 Å². The Morgan fingerprint density at radius 3 is 2.70 bits per heavy atom. The molecule has 0 aliphatic carbocycles. The molecule has 0 amide bonds. The number of rotatable bonds is 3. The van der Waals surface area contributed by atoms with Crippen LogP contribution in [-0.4, -0.2) is 33.4 Å². The van der Waals surface area contributed by atoms with Crippen molar-refractivity contribution in [1.29, 1.82) is 0 Å². The number of hydrogen-bond acceptors (Lipinski definition) is 4. The van der Waals surface area contributed by atoms with Gasteiger partial charge in [-0.05, 0) is 0 Å². The zero-order chi connectivity index (χ0) is 14.1. The number of pyridine rings is 1. The molecule has 1 aromatic carbocycles. The monoisotopic (exact) mass is 269 g/mol. The topological polar surface area (TPSA) is 88.1 Å². The number of benzene rings is 1. The first-order valence-corrected chi connectivity index (χ1v) is 5.92. The predicted octanol–water partition coefficient (Wildman–Crippen LogP) is 2.33. The summed E-state index contributed by atoms with van der Waals surface area (Å²) in [6.45, 7) is 0. The van der Waals surface area contributed by atoms with Gasteiger partial charge in [0.15, 0.2) is 5.65 Å². The van der Waals surface area contributed by atoms with Crippen LogP contribution in [0.25, 0.3) is 22.3 Å². The van der Waals surface area contributed by atoms with E-state index in [2.05, 4.69) is 15.2 Å². The van der Waals surface area contributed by atoms with Gasteiger partial charge in [-0.1, -0.05) is 30.3 Å². The first-order chi connectivity index (χ1) is 9.70. The Kier molecular flexibility index (Phi) is 2.83. The van der Waals surface area contributed by atoms with E-state index in [1.807, 2.05) is 30.3 Å². The SMILES string of the molecule is COc1cc(C(=O)O)c2c(-c3ccccc3)[nH]nc2n1. The van der Waals surface area contributed by atoms with E-state index in [0.29, 0.717) is 16.7 Å². The fourth-order valence-electron chi connectivity index (χ4n) is 2.09. The highest BCUT2D eigenvalue weighted by Crippen LogP contribution is 2.30. The number of hydrogen-bond donors (Lipinski definition) is 2. The molecule has 3 aromatic rings. The molecular formula is C14H11N3O3. The molecule has 6 heteroatoms. The van der Waals surface area contributed by atoms with Crippen molar-refractivity contribution >= 4 is 17.0 Å². The van der Waals surface area contributed by atoms with E-state index in [1.54, 1.807) is 0 Å². The maximum absolute atomic E-state index is 11.4. The van der Waals surface area contributed by atoms with E-state index in [4.69, 9.17) is 4.74 Å². The van der Waals surface area contributed by atoms with E-state index in [9.17, 15) is 9.90 Å². The summed E-state index contributed by atoms with van der Waals surface area (Å²) in [6.07, 6.45) is 0. The standard InChI is InChI=1S/C14H11N3O3/c1-20-10-7-9(14(18)19)11-12(16-17-13(11)15-10)8-5-3-2-4-6-8/h2-7H,1H3,(H,18,19)(H,15,16,17). The number of aromatic carboxylic acids is 1. The first kappa shape index (κ1) is 12.2. The molecular weight excluding hydrogens is 258 g/mol. The molecule has 0 aliphatic rings. The van der Waals surface area contributed by atoms with Gasteiger partial charge in [-0.25, -0.2) is 4.79 Å². The number of H-pyrrole nitrogens is 1. The third kappa shape index (κ3) is 1.87. The van der Waals surface area contributed by atoms with Gasteiger partial charge in [-0.3, -0.25) is 5.10 Å². The summed E-state index contributed by atoms with van der Waals surface area (Å²) in [5.74, 6) is -0.824. The van der Waals surface area contributed by atoms with Crippen molar-refractivity contribution in [3.63, 3.8) is 0 Å². The average molecular weight is 269 g/mol. The Labute approximate surface area is 114 Å². The number of carboxylic acid groups (broad SMARTS) is 1. The van der Waals surface area contributed by atoms with Crippen molar-refractivity contribution in [3.05, 3.63) is 42.0 Å². The van der Waals surface area contributed by atoms with Crippen LogP contribution in [0, 0.1) is 0 Å². The van der Waals surface area contributed by atoms with Gasteiger partial charge in [0.05, 0.1) is 23.8 Å². The molecule has 0 saturated carbocycles. The van der Waals surface area contributed by atoms with Crippen molar-refractivity contribution in [2.75, 3.05) is 7.11 Å². The van der Waals surface area contributed by atoms with Crippen LogP contribution in [0.15, 0.2) is 36.4 Å². The third-order valence-electron chi connectivity index (χ3n) is 3.00. The molecule has 0 bridgehead atoms. The van der Waals surface area contributed by atoms with Gasteiger partial charge >= 0.3 is 5.97 Å². The minimum Gasteiger partial charge on any atom is -0.481 e. The van der Waals surface area contributed by atoms with Gasteiger partial charge < -0.3 is 9.84 Å². The minimum atomic E-state index is -1.05. The Morgan fingerprint density at radius 1 is 1.30 bits per heavy atom. The maximum Gasteiger partial charge on any atom is 0.336 e. The van der Waals surface area contributed by atoms with Gasteiger partial charge in [0.25, 0.3) is 0 Å². The summed E-state index contributed by atoms with van der Waals surface area (Å²) >= 11 is 0. The summed E-state index contributed by atoms with van der Waals surface area (Å²) in [4.78, 5) is 15.6. The second-order valence-corrected chi connectivity index (χ2v) is 4.18. The highest BCUT2D eigenvalue weighted by Gasteiger charge is 2.19. The Hall–Kier alpha value is -2.89. The van der Waals surface area contributed by atoms with E-state index in [0.717, 1.165) is 5.56 Å². The fraction of sp³-hybridized carbons (Fsp3) is 0.0714. The molecule has 3 rings (SSSR count). The van der Waals surface area contributed by atoms with E-state index in [-0.39, 0.29) is 11.4 Å².